The molecule has 106 valence electrons. The predicted octanol–water partition coefficient (Wildman–Crippen LogP) is 3.08. The van der Waals surface area contributed by atoms with Gasteiger partial charge in [0.05, 0.1) is 11.9 Å². The molecule has 0 unspecified atom stereocenters. The Bertz CT molecular complexity index is 706. The first-order chi connectivity index (χ1) is 9.52. The maximum absolute atomic E-state index is 12.1. The molecular weight excluding hydrogens is 278 g/mol. The first-order valence-corrected chi connectivity index (χ1v) is 6.94. The summed E-state index contributed by atoms with van der Waals surface area (Å²) in [6, 6.07) is 6.53. The van der Waals surface area contributed by atoms with E-state index in [4.69, 9.17) is 16.7 Å². The van der Waals surface area contributed by atoms with E-state index in [0.717, 1.165) is 18.4 Å². The molecule has 2 aromatic rings. The molecule has 0 fully saturated rings. The van der Waals surface area contributed by atoms with Crippen LogP contribution in [-0.2, 0) is 17.8 Å². The van der Waals surface area contributed by atoms with Crippen LogP contribution in [0.4, 0.5) is 0 Å². The molecule has 4 nitrogen and oxygen atoms in total. The molecule has 0 saturated carbocycles. The summed E-state index contributed by atoms with van der Waals surface area (Å²) in [5, 5.41) is 10.0. The average Bonchev–Trinajstić information content (AvgIpc) is 2.38. The largest absolute Gasteiger partial charge is 0.481 e. The number of benzene rings is 1. The van der Waals surface area contributed by atoms with E-state index in [9.17, 15) is 9.59 Å². The van der Waals surface area contributed by atoms with Crippen LogP contribution in [0.1, 0.15) is 25.5 Å². The lowest BCUT2D eigenvalue weighted by atomic mass is 10.1. The Hall–Kier alpha value is -1.81. The molecule has 0 aliphatic rings. The Balaban J connectivity index is 2.68. The van der Waals surface area contributed by atoms with Crippen LogP contribution in [0.25, 0.3) is 10.9 Å². The van der Waals surface area contributed by atoms with Crippen LogP contribution in [0.15, 0.2) is 29.1 Å². The standard InChI is InChI=1S/C15H16ClNO3/c1-2-3-6-17-11(9-15(19)20)8-14(18)12-7-10(16)4-5-13(12)17/h4-5,7-8H,2-3,6,9H2,1H3,(H,19,20). The van der Waals surface area contributed by atoms with Crippen molar-refractivity contribution in [1.82, 2.24) is 4.57 Å². The third-order valence-electron chi connectivity index (χ3n) is 3.23. The number of pyridine rings is 1. The number of rotatable bonds is 5. The van der Waals surface area contributed by atoms with Crippen molar-refractivity contribution >= 4 is 28.5 Å². The number of hydrogen-bond donors (Lipinski definition) is 1. The summed E-state index contributed by atoms with van der Waals surface area (Å²) in [4.78, 5) is 23.1. The SMILES string of the molecule is CCCCn1c(CC(=O)O)cc(=O)c2cc(Cl)ccc21. The fourth-order valence-corrected chi connectivity index (χ4v) is 2.46. The van der Waals surface area contributed by atoms with E-state index in [-0.39, 0.29) is 11.8 Å². The van der Waals surface area contributed by atoms with Gasteiger partial charge in [-0.3, -0.25) is 9.59 Å². The van der Waals surface area contributed by atoms with Crippen LogP contribution in [0.3, 0.4) is 0 Å². The lowest BCUT2D eigenvalue weighted by Crippen LogP contribution is -2.17. The highest BCUT2D eigenvalue weighted by atomic mass is 35.5. The third-order valence-corrected chi connectivity index (χ3v) is 3.46. The van der Waals surface area contributed by atoms with Gasteiger partial charge in [0.2, 0.25) is 0 Å². The first kappa shape index (κ1) is 14.6. The topological polar surface area (TPSA) is 59.3 Å². The molecular formula is C15H16ClNO3. The lowest BCUT2D eigenvalue weighted by molar-refractivity contribution is -0.136. The fourth-order valence-electron chi connectivity index (χ4n) is 2.28. The molecule has 1 aromatic heterocycles. The Morgan fingerprint density at radius 3 is 2.75 bits per heavy atom. The summed E-state index contributed by atoms with van der Waals surface area (Å²) in [5.41, 5.74) is 1.09. The van der Waals surface area contributed by atoms with Gasteiger partial charge in [-0.25, -0.2) is 0 Å². The lowest BCUT2D eigenvalue weighted by Gasteiger charge is -2.15. The number of carboxylic acids is 1. The molecule has 0 radical (unpaired) electrons. The fraction of sp³-hybridized carbons (Fsp3) is 0.333. The van der Waals surface area contributed by atoms with Crippen LogP contribution < -0.4 is 5.43 Å². The quantitative estimate of drug-likeness (QED) is 0.921. The minimum absolute atomic E-state index is 0.155. The van der Waals surface area contributed by atoms with Crippen molar-refractivity contribution in [3.63, 3.8) is 0 Å². The number of fused-ring (bicyclic) bond motifs is 1. The summed E-state index contributed by atoms with van der Waals surface area (Å²) >= 11 is 5.93. The monoisotopic (exact) mass is 293 g/mol. The zero-order chi connectivity index (χ0) is 14.7. The number of nitrogens with zero attached hydrogens (tertiary/aromatic N) is 1. The van der Waals surface area contributed by atoms with Gasteiger partial charge in [0, 0.05) is 28.7 Å². The van der Waals surface area contributed by atoms with Gasteiger partial charge in [0.1, 0.15) is 0 Å². The summed E-state index contributed by atoms with van der Waals surface area (Å²) in [5.74, 6) is -0.942. The molecule has 0 saturated heterocycles. The second-order valence-electron chi connectivity index (χ2n) is 4.74. The second kappa shape index (κ2) is 6.09. The van der Waals surface area contributed by atoms with E-state index in [1.165, 1.54) is 6.07 Å². The van der Waals surface area contributed by atoms with E-state index in [2.05, 4.69) is 6.92 Å². The molecule has 1 heterocycles. The maximum atomic E-state index is 12.1. The molecule has 0 aliphatic heterocycles. The van der Waals surface area contributed by atoms with Crippen LogP contribution in [-0.4, -0.2) is 15.6 Å². The molecule has 1 aromatic carbocycles. The average molecular weight is 294 g/mol. The number of halogens is 1. The van der Waals surface area contributed by atoms with E-state index in [0.29, 0.717) is 22.6 Å². The summed E-state index contributed by atoms with van der Waals surface area (Å²) in [7, 11) is 0. The molecule has 0 amide bonds. The molecule has 0 atom stereocenters. The number of unbranched alkanes of at least 4 members (excludes halogenated alkanes) is 1. The molecule has 20 heavy (non-hydrogen) atoms. The Morgan fingerprint density at radius 2 is 2.10 bits per heavy atom. The Morgan fingerprint density at radius 1 is 1.35 bits per heavy atom. The van der Waals surface area contributed by atoms with Crippen molar-refractivity contribution < 1.29 is 9.90 Å². The van der Waals surface area contributed by atoms with E-state index >= 15 is 0 Å². The van der Waals surface area contributed by atoms with Crippen molar-refractivity contribution in [3.05, 3.63) is 45.2 Å². The van der Waals surface area contributed by atoms with Gasteiger partial charge >= 0.3 is 5.97 Å². The van der Waals surface area contributed by atoms with Gasteiger partial charge in [0.15, 0.2) is 5.43 Å². The highest BCUT2D eigenvalue weighted by molar-refractivity contribution is 6.31. The van der Waals surface area contributed by atoms with Gasteiger partial charge in [0.25, 0.3) is 0 Å². The van der Waals surface area contributed by atoms with Crippen molar-refractivity contribution in [2.24, 2.45) is 0 Å². The normalized spacial score (nSPS) is 10.9. The molecule has 0 spiro atoms. The summed E-state index contributed by atoms with van der Waals surface area (Å²) < 4.78 is 1.91. The van der Waals surface area contributed by atoms with Gasteiger partial charge < -0.3 is 9.67 Å². The summed E-state index contributed by atoms with van der Waals surface area (Å²) in [6.07, 6.45) is 1.76. The molecule has 2 rings (SSSR count). The maximum Gasteiger partial charge on any atom is 0.309 e. The van der Waals surface area contributed by atoms with Crippen molar-refractivity contribution in [2.45, 2.75) is 32.7 Å². The van der Waals surface area contributed by atoms with Crippen LogP contribution in [0.2, 0.25) is 5.02 Å². The van der Waals surface area contributed by atoms with E-state index < -0.39 is 5.97 Å². The zero-order valence-electron chi connectivity index (χ0n) is 11.2. The summed E-state index contributed by atoms with van der Waals surface area (Å²) in [6.45, 7) is 2.76. The molecule has 5 heteroatoms. The number of carboxylic acid groups (broad SMARTS) is 1. The van der Waals surface area contributed by atoms with E-state index in [1.807, 2.05) is 4.57 Å². The van der Waals surface area contributed by atoms with Gasteiger partial charge in [-0.1, -0.05) is 24.9 Å². The zero-order valence-corrected chi connectivity index (χ0v) is 12.0. The van der Waals surface area contributed by atoms with Crippen molar-refractivity contribution in [1.29, 1.82) is 0 Å². The van der Waals surface area contributed by atoms with Crippen molar-refractivity contribution in [2.75, 3.05) is 0 Å². The minimum atomic E-state index is -0.942. The van der Waals surface area contributed by atoms with E-state index in [1.54, 1.807) is 18.2 Å². The molecule has 0 bridgehead atoms. The van der Waals surface area contributed by atoms with Crippen LogP contribution in [0.5, 0.6) is 0 Å². The number of aliphatic carboxylic acids is 1. The number of hydrogen-bond acceptors (Lipinski definition) is 2. The Kier molecular flexibility index (Phi) is 4.45. The second-order valence-corrected chi connectivity index (χ2v) is 5.17. The highest BCUT2D eigenvalue weighted by Gasteiger charge is 2.12. The van der Waals surface area contributed by atoms with Crippen LogP contribution >= 0.6 is 11.6 Å². The first-order valence-electron chi connectivity index (χ1n) is 6.56. The van der Waals surface area contributed by atoms with Crippen molar-refractivity contribution in [3.8, 4) is 0 Å². The van der Waals surface area contributed by atoms with Gasteiger partial charge in [-0.2, -0.15) is 0 Å². The Labute approximate surface area is 121 Å². The number of carbonyl (C=O) groups is 1. The van der Waals surface area contributed by atoms with Gasteiger partial charge in [-0.05, 0) is 24.6 Å². The third kappa shape index (κ3) is 3.02. The predicted molar refractivity (Wildman–Crippen MR) is 79.5 cm³/mol. The number of aromatic nitrogens is 1. The minimum Gasteiger partial charge on any atom is -0.481 e. The highest BCUT2D eigenvalue weighted by Crippen LogP contribution is 2.19. The smallest absolute Gasteiger partial charge is 0.309 e. The molecule has 0 aliphatic carbocycles. The van der Waals surface area contributed by atoms with Gasteiger partial charge in [-0.15, -0.1) is 0 Å². The molecule has 1 N–H and O–H groups in total. The number of aryl methyl sites for hydroxylation is 1. The van der Waals surface area contributed by atoms with Crippen LogP contribution in [0, 0.1) is 0 Å².